The molecule has 76 valence electrons. The molecule has 0 radical (unpaired) electrons. The summed E-state index contributed by atoms with van der Waals surface area (Å²) in [7, 11) is -0.239. The maximum absolute atomic E-state index is 10.7. The molecule has 0 fully saturated rings. The second-order valence-corrected chi connectivity index (χ2v) is 7.85. The fourth-order valence-corrected chi connectivity index (χ4v) is 3.07. The maximum atomic E-state index is 10.7. The summed E-state index contributed by atoms with van der Waals surface area (Å²) >= 11 is 0. The standard InChI is InChI=1S/C9H18O3Si/c1-5-13(6-2,7-3)8-12-9(10)11-4/h5H,1,6-8H2,2-4H3. The highest BCUT2D eigenvalue weighted by Crippen LogP contribution is 2.16. The molecule has 0 atom stereocenters. The molecule has 0 aliphatic carbocycles. The number of hydrogen-bond acceptors (Lipinski definition) is 3. The van der Waals surface area contributed by atoms with Crippen LogP contribution in [0.2, 0.25) is 12.1 Å². The van der Waals surface area contributed by atoms with Crippen LogP contribution in [-0.4, -0.2) is 27.6 Å². The summed E-state index contributed by atoms with van der Waals surface area (Å²) in [4.78, 5) is 10.7. The van der Waals surface area contributed by atoms with Gasteiger partial charge in [0.1, 0.15) is 8.07 Å². The smallest absolute Gasteiger partial charge is 0.438 e. The zero-order valence-electron chi connectivity index (χ0n) is 8.63. The van der Waals surface area contributed by atoms with Gasteiger partial charge in [0.05, 0.1) is 13.3 Å². The highest BCUT2D eigenvalue weighted by molar-refractivity contribution is 6.84. The molecule has 0 saturated heterocycles. The summed E-state index contributed by atoms with van der Waals surface area (Å²) in [6.07, 6.45) is -0.114. The van der Waals surface area contributed by atoms with E-state index in [0.717, 1.165) is 12.1 Å². The molecule has 0 aliphatic heterocycles. The molecule has 13 heavy (non-hydrogen) atoms. The second kappa shape index (κ2) is 5.80. The van der Waals surface area contributed by atoms with Crippen LogP contribution in [0.1, 0.15) is 13.8 Å². The first-order chi connectivity index (χ1) is 6.14. The molecule has 3 nitrogen and oxygen atoms in total. The third-order valence-electron chi connectivity index (χ3n) is 2.49. The van der Waals surface area contributed by atoms with Crippen LogP contribution in [0, 0.1) is 0 Å². The molecule has 0 saturated carbocycles. The molecule has 0 bridgehead atoms. The van der Waals surface area contributed by atoms with E-state index >= 15 is 0 Å². The average Bonchev–Trinajstić information content (AvgIpc) is 2.20. The quantitative estimate of drug-likeness (QED) is 0.507. The van der Waals surface area contributed by atoms with Gasteiger partial charge in [-0.1, -0.05) is 31.6 Å². The van der Waals surface area contributed by atoms with Crippen molar-refractivity contribution in [3.05, 3.63) is 12.3 Å². The average molecular weight is 202 g/mol. The van der Waals surface area contributed by atoms with Gasteiger partial charge in [-0.2, -0.15) is 0 Å². The molecule has 0 aliphatic rings. The summed E-state index contributed by atoms with van der Waals surface area (Å²) in [6, 6.07) is 2.09. The highest BCUT2D eigenvalue weighted by atomic mass is 28.3. The van der Waals surface area contributed by atoms with E-state index in [1.165, 1.54) is 7.11 Å². The summed E-state index contributed by atoms with van der Waals surface area (Å²) in [5.74, 6) is 0. The SMILES string of the molecule is C=C[Si](CC)(CC)COC(=O)OC. The van der Waals surface area contributed by atoms with Crippen LogP contribution in [0.4, 0.5) is 4.79 Å². The maximum Gasteiger partial charge on any atom is 0.507 e. The van der Waals surface area contributed by atoms with Gasteiger partial charge in [-0.25, -0.2) is 4.79 Å². The van der Waals surface area contributed by atoms with Gasteiger partial charge in [0.25, 0.3) is 0 Å². The molecular formula is C9H18O3Si. The van der Waals surface area contributed by atoms with Crippen LogP contribution < -0.4 is 0 Å². The number of hydrogen-bond donors (Lipinski definition) is 0. The summed E-state index contributed by atoms with van der Waals surface area (Å²) in [6.45, 7) is 8.03. The second-order valence-electron chi connectivity index (χ2n) is 3.02. The fourth-order valence-electron chi connectivity index (χ4n) is 1.06. The molecule has 4 heteroatoms. The van der Waals surface area contributed by atoms with E-state index in [9.17, 15) is 4.79 Å². The lowest BCUT2D eigenvalue weighted by atomic mass is 10.9. The number of carbonyl (C=O) groups excluding carboxylic acids is 1. The van der Waals surface area contributed by atoms with Crippen molar-refractivity contribution in [2.24, 2.45) is 0 Å². The van der Waals surface area contributed by atoms with Crippen molar-refractivity contribution in [2.45, 2.75) is 25.9 Å². The van der Waals surface area contributed by atoms with E-state index < -0.39 is 14.2 Å². The van der Waals surface area contributed by atoms with Crippen LogP contribution in [0.15, 0.2) is 12.3 Å². The Hall–Kier alpha value is -0.773. The number of ether oxygens (including phenoxy) is 2. The van der Waals surface area contributed by atoms with Gasteiger partial charge in [-0.3, -0.25) is 0 Å². The molecule has 0 unspecified atom stereocenters. The van der Waals surface area contributed by atoms with E-state index in [4.69, 9.17) is 4.74 Å². The van der Waals surface area contributed by atoms with Crippen LogP contribution >= 0.6 is 0 Å². The minimum Gasteiger partial charge on any atom is -0.438 e. The minimum absolute atomic E-state index is 0.482. The van der Waals surface area contributed by atoms with Gasteiger partial charge in [0, 0.05) is 0 Å². The number of rotatable bonds is 5. The molecular weight excluding hydrogens is 184 g/mol. The molecule has 0 aromatic carbocycles. The van der Waals surface area contributed by atoms with Crippen LogP contribution in [0.25, 0.3) is 0 Å². The first kappa shape index (κ1) is 12.2. The Kier molecular flexibility index (Phi) is 5.46. The molecule has 0 heterocycles. The van der Waals surface area contributed by atoms with Crippen molar-refractivity contribution in [3.63, 3.8) is 0 Å². The van der Waals surface area contributed by atoms with E-state index in [1.807, 2.05) is 5.70 Å². The first-order valence-electron chi connectivity index (χ1n) is 4.48. The summed E-state index contributed by atoms with van der Waals surface area (Å²) < 4.78 is 9.36. The zero-order valence-corrected chi connectivity index (χ0v) is 9.63. The van der Waals surface area contributed by atoms with Gasteiger partial charge in [0.15, 0.2) is 0 Å². The molecule has 0 aromatic heterocycles. The van der Waals surface area contributed by atoms with Crippen LogP contribution in [0.5, 0.6) is 0 Å². The topological polar surface area (TPSA) is 35.5 Å². The molecule has 0 spiro atoms. The lowest BCUT2D eigenvalue weighted by Gasteiger charge is -2.23. The van der Waals surface area contributed by atoms with Crippen LogP contribution in [0.3, 0.4) is 0 Å². The van der Waals surface area contributed by atoms with Gasteiger partial charge in [-0.15, -0.1) is 6.58 Å². The Morgan fingerprint density at radius 2 is 2.00 bits per heavy atom. The predicted octanol–water partition coefficient (Wildman–Crippen LogP) is 2.52. The van der Waals surface area contributed by atoms with Gasteiger partial charge < -0.3 is 9.47 Å². The zero-order chi connectivity index (χ0) is 10.3. The van der Waals surface area contributed by atoms with Gasteiger partial charge in [-0.05, 0) is 0 Å². The van der Waals surface area contributed by atoms with Crippen LogP contribution in [-0.2, 0) is 9.47 Å². The van der Waals surface area contributed by atoms with Gasteiger partial charge in [0.2, 0.25) is 0 Å². The van der Waals surface area contributed by atoms with E-state index in [-0.39, 0.29) is 0 Å². The Bertz CT molecular complexity index is 176. The van der Waals surface area contributed by atoms with Crippen molar-refractivity contribution < 1.29 is 14.3 Å². The van der Waals surface area contributed by atoms with Crippen molar-refractivity contribution in [1.82, 2.24) is 0 Å². The molecule has 0 N–H and O–H groups in total. The third-order valence-corrected chi connectivity index (χ3v) is 6.89. The number of carbonyl (C=O) groups is 1. The summed E-state index contributed by atoms with van der Waals surface area (Å²) in [5.41, 5.74) is 1.98. The van der Waals surface area contributed by atoms with E-state index in [1.54, 1.807) is 0 Å². The Balaban J connectivity index is 4.10. The van der Waals surface area contributed by atoms with Crippen molar-refractivity contribution in [3.8, 4) is 0 Å². The van der Waals surface area contributed by atoms with Gasteiger partial charge >= 0.3 is 6.16 Å². The lowest BCUT2D eigenvalue weighted by Crippen LogP contribution is -2.37. The normalized spacial score (nSPS) is 10.7. The molecule has 0 rings (SSSR count). The highest BCUT2D eigenvalue weighted by Gasteiger charge is 2.27. The third kappa shape index (κ3) is 3.63. The van der Waals surface area contributed by atoms with E-state index in [2.05, 4.69) is 25.2 Å². The number of methoxy groups -OCH3 is 1. The Labute approximate surface area is 80.7 Å². The predicted molar refractivity (Wildman–Crippen MR) is 55.3 cm³/mol. The van der Waals surface area contributed by atoms with Crippen molar-refractivity contribution >= 4 is 14.2 Å². The first-order valence-corrected chi connectivity index (χ1v) is 7.18. The Morgan fingerprint density at radius 1 is 1.46 bits per heavy atom. The van der Waals surface area contributed by atoms with E-state index in [0.29, 0.717) is 6.23 Å². The fraction of sp³-hybridized carbons (Fsp3) is 0.667. The lowest BCUT2D eigenvalue weighted by molar-refractivity contribution is 0.0849. The van der Waals surface area contributed by atoms with Crippen molar-refractivity contribution in [2.75, 3.05) is 13.3 Å². The largest absolute Gasteiger partial charge is 0.507 e. The Morgan fingerprint density at radius 3 is 2.31 bits per heavy atom. The molecule has 0 aromatic rings. The molecule has 0 amide bonds. The monoisotopic (exact) mass is 202 g/mol. The minimum atomic E-state index is -1.56. The summed E-state index contributed by atoms with van der Waals surface area (Å²) in [5, 5.41) is 0. The van der Waals surface area contributed by atoms with Crippen molar-refractivity contribution in [1.29, 1.82) is 0 Å².